The fraction of sp³-hybridized carbons (Fsp3) is 0.800. The number of nitrogens with two attached hydrogens (primary N) is 1. The van der Waals surface area contributed by atoms with Crippen molar-refractivity contribution < 1.29 is 4.52 Å². The number of nitrogens with zero attached hydrogens (tertiary/aromatic N) is 4. The molecule has 1 saturated heterocycles. The zero-order valence-electron chi connectivity index (χ0n) is 9.89. The van der Waals surface area contributed by atoms with Gasteiger partial charge in [-0.2, -0.15) is 4.98 Å². The topological polar surface area (TPSA) is 71.4 Å². The Hall–Kier alpha value is -0.980. The molecule has 1 aromatic rings. The van der Waals surface area contributed by atoms with Crippen molar-refractivity contribution in [3.8, 4) is 0 Å². The van der Waals surface area contributed by atoms with Crippen LogP contribution in [0.15, 0.2) is 4.52 Å². The van der Waals surface area contributed by atoms with Crippen molar-refractivity contribution in [2.24, 2.45) is 5.73 Å². The van der Waals surface area contributed by atoms with Gasteiger partial charge in [0.2, 0.25) is 5.89 Å². The van der Waals surface area contributed by atoms with Crippen LogP contribution in [-0.4, -0.2) is 52.7 Å². The van der Waals surface area contributed by atoms with E-state index in [9.17, 15) is 0 Å². The first-order valence-corrected chi connectivity index (χ1v) is 5.63. The van der Waals surface area contributed by atoms with Crippen LogP contribution in [-0.2, 0) is 13.1 Å². The number of rotatable bonds is 3. The van der Waals surface area contributed by atoms with Gasteiger partial charge < -0.3 is 15.2 Å². The Morgan fingerprint density at radius 3 is 2.94 bits per heavy atom. The molecule has 2 rings (SSSR count). The average Bonchev–Trinajstić information content (AvgIpc) is 2.70. The minimum absolute atomic E-state index is 0.311. The molecule has 6 heteroatoms. The lowest BCUT2D eigenvalue weighted by atomic mass is 10.2. The molecule has 0 amide bonds. The van der Waals surface area contributed by atoms with E-state index in [4.69, 9.17) is 10.3 Å². The molecule has 0 radical (unpaired) electrons. The van der Waals surface area contributed by atoms with Crippen molar-refractivity contribution in [3.05, 3.63) is 11.7 Å². The highest BCUT2D eigenvalue weighted by Crippen LogP contribution is 2.11. The summed E-state index contributed by atoms with van der Waals surface area (Å²) >= 11 is 0. The fourth-order valence-electron chi connectivity index (χ4n) is 2.03. The second-order valence-corrected chi connectivity index (χ2v) is 4.39. The number of hydrogen-bond acceptors (Lipinski definition) is 6. The molecular weight excluding hydrogens is 206 g/mol. The normalized spacial score (nSPS) is 23.8. The first-order chi connectivity index (χ1) is 7.69. The highest BCUT2D eigenvalue weighted by molar-refractivity contribution is 4.88. The highest BCUT2D eigenvalue weighted by atomic mass is 16.5. The van der Waals surface area contributed by atoms with E-state index >= 15 is 0 Å². The van der Waals surface area contributed by atoms with Crippen LogP contribution in [0.5, 0.6) is 0 Å². The second-order valence-electron chi connectivity index (χ2n) is 4.39. The van der Waals surface area contributed by atoms with Gasteiger partial charge in [-0.1, -0.05) is 5.16 Å². The number of aromatic nitrogens is 2. The van der Waals surface area contributed by atoms with Crippen LogP contribution < -0.4 is 5.73 Å². The van der Waals surface area contributed by atoms with Gasteiger partial charge in [0.25, 0.3) is 0 Å². The molecule has 16 heavy (non-hydrogen) atoms. The van der Waals surface area contributed by atoms with Gasteiger partial charge in [0.1, 0.15) is 0 Å². The van der Waals surface area contributed by atoms with Gasteiger partial charge in [-0.05, 0) is 14.0 Å². The lowest BCUT2D eigenvalue weighted by Crippen LogP contribution is -2.49. The van der Waals surface area contributed by atoms with Gasteiger partial charge in [0.05, 0.1) is 13.1 Å². The molecule has 90 valence electrons. The van der Waals surface area contributed by atoms with Crippen molar-refractivity contribution in [2.45, 2.75) is 26.1 Å². The summed E-state index contributed by atoms with van der Waals surface area (Å²) in [6.07, 6.45) is 0. The molecule has 2 N–H and O–H groups in total. The molecule has 1 atom stereocenters. The van der Waals surface area contributed by atoms with E-state index in [1.807, 2.05) is 0 Å². The van der Waals surface area contributed by atoms with Gasteiger partial charge in [0, 0.05) is 25.7 Å². The van der Waals surface area contributed by atoms with E-state index < -0.39 is 0 Å². The third kappa shape index (κ3) is 2.58. The SMILES string of the molecule is CC1CN(C)CCN1Cc1noc(CN)n1. The summed E-state index contributed by atoms with van der Waals surface area (Å²) in [5.41, 5.74) is 5.43. The Morgan fingerprint density at radius 1 is 1.50 bits per heavy atom. The lowest BCUT2D eigenvalue weighted by molar-refractivity contribution is 0.0907. The number of likely N-dealkylation sites (N-methyl/N-ethyl adjacent to an activating group) is 1. The van der Waals surface area contributed by atoms with Crippen LogP contribution in [0.3, 0.4) is 0 Å². The summed E-state index contributed by atoms with van der Waals surface area (Å²) in [4.78, 5) is 8.92. The molecule has 0 saturated carbocycles. The summed E-state index contributed by atoms with van der Waals surface area (Å²) < 4.78 is 4.99. The monoisotopic (exact) mass is 225 g/mol. The van der Waals surface area contributed by atoms with E-state index in [0.717, 1.165) is 32.0 Å². The zero-order valence-corrected chi connectivity index (χ0v) is 9.89. The van der Waals surface area contributed by atoms with E-state index in [2.05, 4.69) is 33.9 Å². The summed E-state index contributed by atoms with van der Waals surface area (Å²) in [5, 5.41) is 3.91. The summed E-state index contributed by atoms with van der Waals surface area (Å²) in [6.45, 7) is 6.50. The second kappa shape index (κ2) is 4.90. The van der Waals surface area contributed by atoms with Crippen LogP contribution >= 0.6 is 0 Å². The highest BCUT2D eigenvalue weighted by Gasteiger charge is 2.22. The largest absolute Gasteiger partial charge is 0.338 e. The molecule has 0 spiro atoms. The molecule has 0 aromatic carbocycles. The first kappa shape index (κ1) is 11.5. The Kier molecular flexibility index (Phi) is 3.52. The van der Waals surface area contributed by atoms with Crippen molar-refractivity contribution >= 4 is 0 Å². The Morgan fingerprint density at radius 2 is 2.31 bits per heavy atom. The standard InChI is InChI=1S/C10H19N5O/c1-8-6-14(2)3-4-15(8)7-9-12-10(5-11)16-13-9/h8H,3-7,11H2,1-2H3. The van der Waals surface area contributed by atoms with Crippen molar-refractivity contribution in [1.29, 1.82) is 0 Å². The van der Waals surface area contributed by atoms with Gasteiger partial charge in [-0.25, -0.2) is 0 Å². The quantitative estimate of drug-likeness (QED) is 0.759. The molecule has 1 aliphatic rings. The molecular formula is C10H19N5O. The predicted molar refractivity (Wildman–Crippen MR) is 59.6 cm³/mol. The fourth-order valence-corrected chi connectivity index (χ4v) is 2.03. The van der Waals surface area contributed by atoms with Crippen LogP contribution in [0.4, 0.5) is 0 Å². The lowest BCUT2D eigenvalue weighted by Gasteiger charge is -2.37. The van der Waals surface area contributed by atoms with E-state index in [0.29, 0.717) is 18.5 Å². The minimum Gasteiger partial charge on any atom is -0.338 e. The number of hydrogen-bond donors (Lipinski definition) is 1. The van der Waals surface area contributed by atoms with Gasteiger partial charge >= 0.3 is 0 Å². The maximum atomic E-state index is 5.43. The molecule has 0 aliphatic carbocycles. The van der Waals surface area contributed by atoms with E-state index in [-0.39, 0.29) is 0 Å². The van der Waals surface area contributed by atoms with Gasteiger partial charge in [-0.3, -0.25) is 4.90 Å². The minimum atomic E-state index is 0.311. The van der Waals surface area contributed by atoms with Crippen LogP contribution in [0.1, 0.15) is 18.6 Å². The summed E-state index contributed by atoms with van der Waals surface area (Å²) in [5.74, 6) is 1.24. The summed E-state index contributed by atoms with van der Waals surface area (Å²) in [7, 11) is 2.15. The molecule has 1 unspecified atom stereocenters. The Labute approximate surface area is 95.4 Å². The summed E-state index contributed by atoms with van der Waals surface area (Å²) in [6, 6.07) is 0.526. The molecule has 1 aliphatic heterocycles. The Balaban J connectivity index is 1.93. The zero-order chi connectivity index (χ0) is 11.5. The van der Waals surface area contributed by atoms with Crippen molar-refractivity contribution in [2.75, 3.05) is 26.7 Å². The van der Waals surface area contributed by atoms with Crippen LogP contribution in [0.25, 0.3) is 0 Å². The van der Waals surface area contributed by atoms with Gasteiger partial charge in [-0.15, -0.1) is 0 Å². The third-order valence-corrected chi connectivity index (χ3v) is 3.00. The van der Waals surface area contributed by atoms with Crippen LogP contribution in [0.2, 0.25) is 0 Å². The molecule has 1 fully saturated rings. The maximum absolute atomic E-state index is 5.43. The maximum Gasteiger partial charge on any atom is 0.240 e. The smallest absolute Gasteiger partial charge is 0.240 e. The van der Waals surface area contributed by atoms with Gasteiger partial charge in [0.15, 0.2) is 5.82 Å². The first-order valence-electron chi connectivity index (χ1n) is 5.63. The predicted octanol–water partition coefficient (Wildman–Crippen LogP) is -0.336. The molecule has 1 aromatic heterocycles. The number of piperazine rings is 1. The average molecular weight is 225 g/mol. The molecule has 0 bridgehead atoms. The van der Waals surface area contributed by atoms with E-state index in [1.54, 1.807) is 0 Å². The third-order valence-electron chi connectivity index (χ3n) is 3.00. The van der Waals surface area contributed by atoms with Crippen molar-refractivity contribution in [1.82, 2.24) is 19.9 Å². The molecule has 2 heterocycles. The van der Waals surface area contributed by atoms with Crippen molar-refractivity contribution in [3.63, 3.8) is 0 Å². The molecule has 6 nitrogen and oxygen atoms in total. The van der Waals surface area contributed by atoms with Crippen LogP contribution in [0, 0.1) is 0 Å². The Bertz CT molecular complexity index is 340. The van der Waals surface area contributed by atoms with E-state index in [1.165, 1.54) is 0 Å².